The van der Waals surface area contributed by atoms with Crippen molar-refractivity contribution in [3.05, 3.63) is 18.1 Å². The molecule has 1 amide bonds. The van der Waals surface area contributed by atoms with Crippen LogP contribution in [0.4, 0.5) is 5.82 Å². The number of hydrogen-bond acceptors (Lipinski definition) is 6. The lowest BCUT2D eigenvalue weighted by atomic mass is 10.1. The summed E-state index contributed by atoms with van der Waals surface area (Å²) in [7, 11) is 0. The second kappa shape index (κ2) is 7.25. The van der Waals surface area contributed by atoms with E-state index in [4.69, 9.17) is 4.74 Å². The van der Waals surface area contributed by atoms with Gasteiger partial charge in [-0.1, -0.05) is 0 Å². The minimum absolute atomic E-state index is 0.270. The number of hydrogen-bond donors (Lipinski definition) is 0. The van der Waals surface area contributed by atoms with Gasteiger partial charge in [0, 0.05) is 38.9 Å². The molecule has 1 aliphatic carbocycles. The molecule has 3 aliphatic rings. The molecule has 3 fully saturated rings. The van der Waals surface area contributed by atoms with E-state index in [0.717, 1.165) is 51.0 Å². The number of ether oxygens (including phenoxy) is 1. The van der Waals surface area contributed by atoms with Crippen LogP contribution in [-0.2, 0) is 9.53 Å². The molecule has 2 saturated heterocycles. The Balaban J connectivity index is 1.30. The fourth-order valence-electron chi connectivity index (χ4n) is 3.84. The Labute approximate surface area is 149 Å². The van der Waals surface area contributed by atoms with Gasteiger partial charge in [-0.3, -0.25) is 9.69 Å². The summed E-state index contributed by atoms with van der Waals surface area (Å²) in [6, 6.07) is 2.27. The number of anilines is 1. The topological polar surface area (TPSA) is 61.8 Å². The van der Waals surface area contributed by atoms with Crippen LogP contribution in [0.25, 0.3) is 0 Å². The van der Waals surface area contributed by atoms with Crippen LogP contribution in [-0.4, -0.2) is 84.2 Å². The SMILES string of the molecule is Cc1nccc(N2CCN(CC(=O)N3CCOCC3C3CC3)CC2)n1. The van der Waals surface area contributed by atoms with Crippen LogP contribution in [0.2, 0.25) is 0 Å². The molecule has 1 saturated carbocycles. The van der Waals surface area contributed by atoms with Crippen LogP contribution < -0.4 is 4.90 Å². The summed E-state index contributed by atoms with van der Waals surface area (Å²) in [4.78, 5) is 28.1. The van der Waals surface area contributed by atoms with Gasteiger partial charge in [0.2, 0.25) is 5.91 Å². The summed E-state index contributed by atoms with van der Waals surface area (Å²) in [6.07, 6.45) is 4.30. The van der Waals surface area contributed by atoms with E-state index in [1.165, 1.54) is 12.8 Å². The van der Waals surface area contributed by atoms with E-state index in [2.05, 4.69) is 24.7 Å². The number of piperazine rings is 1. The van der Waals surface area contributed by atoms with Crippen LogP contribution >= 0.6 is 0 Å². The number of carbonyl (C=O) groups is 1. The Morgan fingerprint density at radius 1 is 1.24 bits per heavy atom. The van der Waals surface area contributed by atoms with Gasteiger partial charge in [0.1, 0.15) is 11.6 Å². The molecule has 25 heavy (non-hydrogen) atoms. The Bertz CT molecular complexity index is 613. The van der Waals surface area contributed by atoms with E-state index in [1.54, 1.807) is 0 Å². The second-order valence-electron chi connectivity index (χ2n) is 7.29. The Kier molecular flexibility index (Phi) is 4.85. The van der Waals surface area contributed by atoms with Gasteiger partial charge in [0.25, 0.3) is 0 Å². The minimum Gasteiger partial charge on any atom is -0.377 e. The normalized spacial score (nSPS) is 25.2. The van der Waals surface area contributed by atoms with Gasteiger partial charge < -0.3 is 14.5 Å². The van der Waals surface area contributed by atoms with Crippen LogP contribution in [0.15, 0.2) is 12.3 Å². The van der Waals surface area contributed by atoms with E-state index in [9.17, 15) is 4.79 Å². The lowest BCUT2D eigenvalue weighted by Gasteiger charge is -2.39. The highest BCUT2D eigenvalue weighted by atomic mass is 16.5. The summed E-state index contributed by atoms with van der Waals surface area (Å²) in [5, 5.41) is 0. The third-order valence-electron chi connectivity index (χ3n) is 5.47. The first kappa shape index (κ1) is 16.7. The molecule has 0 spiro atoms. The molecule has 0 radical (unpaired) electrons. The van der Waals surface area contributed by atoms with E-state index >= 15 is 0 Å². The lowest BCUT2D eigenvalue weighted by molar-refractivity contribution is -0.142. The maximum absolute atomic E-state index is 12.8. The summed E-state index contributed by atoms with van der Waals surface area (Å²) in [5.74, 6) is 2.72. The highest BCUT2D eigenvalue weighted by molar-refractivity contribution is 5.79. The molecule has 2 aliphatic heterocycles. The van der Waals surface area contributed by atoms with Gasteiger partial charge in [0.05, 0.1) is 25.8 Å². The van der Waals surface area contributed by atoms with Gasteiger partial charge >= 0.3 is 0 Å². The van der Waals surface area contributed by atoms with Crippen LogP contribution in [0, 0.1) is 12.8 Å². The molecule has 7 heteroatoms. The van der Waals surface area contributed by atoms with Crippen molar-refractivity contribution in [3.63, 3.8) is 0 Å². The zero-order valence-corrected chi connectivity index (χ0v) is 14.9. The van der Waals surface area contributed by atoms with Crippen molar-refractivity contribution in [2.24, 2.45) is 5.92 Å². The van der Waals surface area contributed by atoms with Crippen molar-refractivity contribution >= 4 is 11.7 Å². The van der Waals surface area contributed by atoms with Gasteiger partial charge in [0.15, 0.2) is 0 Å². The zero-order chi connectivity index (χ0) is 17.2. The average molecular weight is 345 g/mol. The predicted octanol–water partition coefficient (Wildman–Crippen LogP) is 0.544. The molecule has 7 nitrogen and oxygen atoms in total. The van der Waals surface area contributed by atoms with Crippen molar-refractivity contribution in [1.82, 2.24) is 19.8 Å². The monoisotopic (exact) mass is 345 g/mol. The molecule has 0 bridgehead atoms. The van der Waals surface area contributed by atoms with Gasteiger partial charge in [-0.15, -0.1) is 0 Å². The highest BCUT2D eigenvalue weighted by Crippen LogP contribution is 2.36. The average Bonchev–Trinajstić information content (AvgIpc) is 3.47. The summed E-state index contributed by atoms with van der Waals surface area (Å²) < 4.78 is 5.60. The molecule has 0 N–H and O–H groups in total. The Hall–Kier alpha value is -1.73. The number of nitrogens with zero attached hydrogens (tertiary/aromatic N) is 5. The van der Waals surface area contributed by atoms with E-state index in [-0.39, 0.29) is 5.91 Å². The molecule has 0 aromatic carbocycles. The minimum atomic E-state index is 0.270. The number of carbonyl (C=O) groups excluding carboxylic acids is 1. The van der Waals surface area contributed by atoms with Gasteiger partial charge in [-0.2, -0.15) is 0 Å². The molecule has 1 aromatic heterocycles. The van der Waals surface area contributed by atoms with Crippen molar-refractivity contribution < 1.29 is 9.53 Å². The smallest absolute Gasteiger partial charge is 0.237 e. The fourth-order valence-corrected chi connectivity index (χ4v) is 3.84. The van der Waals surface area contributed by atoms with Gasteiger partial charge in [-0.25, -0.2) is 9.97 Å². The zero-order valence-electron chi connectivity index (χ0n) is 14.9. The molecular formula is C18H27N5O2. The largest absolute Gasteiger partial charge is 0.377 e. The number of aryl methyl sites for hydroxylation is 1. The standard InChI is InChI=1S/C18H27N5O2/c1-14-19-5-4-17(20-14)22-8-6-21(7-9-22)12-18(24)23-10-11-25-13-16(23)15-2-3-15/h4-5,15-16H,2-3,6-13H2,1H3. The predicted molar refractivity (Wildman–Crippen MR) is 94.5 cm³/mol. The number of morpholine rings is 1. The van der Waals surface area contributed by atoms with Gasteiger partial charge in [-0.05, 0) is 31.7 Å². The quantitative estimate of drug-likeness (QED) is 0.794. The number of aromatic nitrogens is 2. The molecule has 1 unspecified atom stereocenters. The number of amides is 1. The Morgan fingerprint density at radius 2 is 2.04 bits per heavy atom. The highest BCUT2D eigenvalue weighted by Gasteiger charge is 2.39. The molecule has 136 valence electrons. The first-order valence-electron chi connectivity index (χ1n) is 9.35. The molecular weight excluding hydrogens is 318 g/mol. The summed E-state index contributed by atoms with van der Waals surface area (Å²) >= 11 is 0. The molecule has 3 heterocycles. The molecule has 4 rings (SSSR count). The molecule has 1 aromatic rings. The summed E-state index contributed by atoms with van der Waals surface area (Å²) in [6.45, 7) is 8.18. The summed E-state index contributed by atoms with van der Waals surface area (Å²) in [5.41, 5.74) is 0. The Morgan fingerprint density at radius 3 is 2.76 bits per heavy atom. The second-order valence-corrected chi connectivity index (χ2v) is 7.29. The van der Waals surface area contributed by atoms with Crippen molar-refractivity contribution in [3.8, 4) is 0 Å². The first-order chi connectivity index (χ1) is 12.2. The number of rotatable bonds is 4. The van der Waals surface area contributed by atoms with Crippen molar-refractivity contribution in [2.45, 2.75) is 25.8 Å². The third kappa shape index (κ3) is 3.93. The van der Waals surface area contributed by atoms with E-state index in [1.807, 2.05) is 19.2 Å². The first-order valence-corrected chi connectivity index (χ1v) is 9.35. The van der Waals surface area contributed by atoms with Crippen LogP contribution in [0.5, 0.6) is 0 Å². The van der Waals surface area contributed by atoms with Crippen molar-refractivity contribution in [1.29, 1.82) is 0 Å². The molecule has 1 atom stereocenters. The van der Waals surface area contributed by atoms with Crippen LogP contribution in [0.1, 0.15) is 18.7 Å². The van der Waals surface area contributed by atoms with E-state index in [0.29, 0.717) is 25.1 Å². The van der Waals surface area contributed by atoms with Crippen molar-refractivity contribution in [2.75, 3.05) is 57.4 Å². The maximum Gasteiger partial charge on any atom is 0.237 e. The van der Waals surface area contributed by atoms with E-state index < -0.39 is 0 Å². The fraction of sp³-hybridized carbons (Fsp3) is 0.722. The third-order valence-corrected chi connectivity index (χ3v) is 5.47. The van der Waals surface area contributed by atoms with Crippen LogP contribution in [0.3, 0.4) is 0 Å². The maximum atomic E-state index is 12.8. The lowest BCUT2D eigenvalue weighted by Crippen LogP contribution is -2.55.